The minimum absolute atomic E-state index is 0.114. The van der Waals surface area contributed by atoms with E-state index in [0.29, 0.717) is 10.5 Å². The molecule has 0 aliphatic rings. The Labute approximate surface area is 264 Å². The third kappa shape index (κ3) is 12.5. The van der Waals surface area contributed by atoms with Gasteiger partial charge in [-0.2, -0.15) is 0 Å². The van der Waals surface area contributed by atoms with E-state index in [1.165, 1.54) is 17.7 Å². The van der Waals surface area contributed by atoms with Crippen LogP contribution in [0.5, 0.6) is 0 Å². The fraction of sp³-hybridized carbons (Fsp3) is 0.375. The molecular formula is C32H40N2O7S3. The van der Waals surface area contributed by atoms with E-state index in [9.17, 15) is 31.5 Å². The van der Waals surface area contributed by atoms with Gasteiger partial charge < -0.3 is 5.11 Å². The molecule has 3 aromatic carbocycles. The molecule has 0 spiro atoms. The summed E-state index contributed by atoms with van der Waals surface area (Å²) in [7, 11) is -7.89. The number of hydrogen-bond donors (Lipinski definition) is 3. The molecular weight excluding hydrogens is 621 g/mol. The van der Waals surface area contributed by atoms with Crippen molar-refractivity contribution in [1.82, 2.24) is 4.72 Å². The fourth-order valence-corrected chi connectivity index (χ4v) is 7.09. The quantitative estimate of drug-likeness (QED) is 0.132. The number of aliphatic hydroxyl groups is 1. The first-order valence-electron chi connectivity index (χ1n) is 14.4. The van der Waals surface area contributed by atoms with Crippen molar-refractivity contribution in [2.24, 2.45) is 5.14 Å². The van der Waals surface area contributed by atoms with Crippen LogP contribution in [0, 0.1) is 0 Å². The number of unbranched alkanes of at least 4 members (excludes halogenated alkanes) is 5. The summed E-state index contributed by atoms with van der Waals surface area (Å²) in [5.74, 6) is -2.70. The average Bonchev–Trinajstić information content (AvgIpc) is 2.96. The van der Waals surface area contributed by atoms with Gasteiger partial charge in [0.15, 0.2) is 5.78 Å². The second kappa shape index (κ2) is 16.9. The van der Waals surface area contributed by atoms with Crippen molar-refractivity contribution in [1.29, 1.82) is 0 Å². The summed E-state index contributed by atoms with van der Waals surface area (Å²) in [4.78, 5) is 25.6. The van der Waals surface area contributed by atoms with Gasteiger partial charge in [-0.25, -0.2) is 26.7 Å². The number of Topliss-reactive ketones (excluding diaryl/α,β-unsaturated/α-hetero) is 1. The van der Waals surface area contributed by atoms with E-state index < -0.39 is 48.8 Å². The van der Waals surface area contributed by atoms with Gasteiger partial charge in [-0.15, -0.1) is 11.8 Å². The van der Waals surface area contributed by atoms with Gasteiger partial charge in [0.25, 0.3) is 5.91 Å². The number of carbonyl (C=O) groups is 2. The maximum absolute atomic E-state index is 12.8. The van der Waals surface area contributed by atoms with Gasteiger partial charge in [0.1, 0.15) is 11.9 Å². The molecule has 12 heteroatoms. The minimum atomic E-state index is -4.15. The summed E-state index contributed by atoms with van der Waals surface area (Å²) in [6, 6.07) is 23.9. The summed E-state index contributed by atoms with van der Waals surface area (Å²) >= 11 is 1.15. The van der Waals surface area contributed by atoms with Crippen LogP contribution >= 0.6 is 11.8 Å². The van der Waals surface area contributed by atoms with Gasteiger partial charge in [0.2, 0.25) is 20.0 Å². The number of sulfonamides is 2. The summed E-state index contributed by atoms with van der Waals surface area (Å²) < 4.78 is 48.0. The molecule has 0 fully saturated rings. The summed E-state index contributed by atoms with van der Waals surface area (Å²) in [6.07, 6.45) is 7.52. The maximum atomic E-state index is 12.8. The van der Waals surface area contributed by atoms with Gasteiger partial charge in [-0.05, 0) is 66.6 Å². The lowest BCUT2D eigenvalue weighted by molar-refractivity contribution is -0.124. The number of aliphatic hydroxyl groups excluding tert-OH is 1. The molecule has 4 N–H and O–H groups in total. The first kappa shape index (κ1) is 35.4. The summed E-state index contributed by atoms with van der Waals surface area (Å²) in [6.45, 7) is 0. The number of hydrogen-bond acceptors (Lipinski definition) is 8. The minimum Gasteiger partial charge on any atom is -0.384 e. The smallest absolute Gasteiger partial charge is 0.264 e. The Hall–Kier alpha value is -3.03. The Morgan fingerprint density at radius 2 is 1.36 bits per heavy atom. The largest absolute Gasteiger partial charge is 0.384 e. The number of aryl methyl sites for hydroxylation is 2. The standard InChI is InChI=1S/C32H40N2O7S3/c1-43(38,39)34-32(37)26-19-21-27(22-20-26)42-31(30(36)29(35)23-44(33,40)41)28-18-12-11-17-25(28)16-10-5-3-2-4-7-13-24-14-8-6-9-15-24/h6,8-9,11-12,14-15,17-22,30-31,36H,2-5,7,10,13,16,23H2,1H3,(H,34,37)(H2,33,40,41). The molecule has 9 nitrogen and oxygen atoms in total. The molecule has 0 saturated carbocycles. The first-order valence-corrected chi connectivity index (χ1v) is 18.9. The second-order valence-corrected chi connectivity index (χ2v) is 15.4. The molecule has 44 heavy (non-hydrogen) atoms. The lowest BCUT2D eigenvalue weighted by Crippen LogP contribution is -2.34. The van der Waals surface area contributed by atoms with E-state index in [2.05, 4.69) is 24.3 Å². The monoisotopic (exact) mass is 660 g/mol. The van der Waals surface area contributed by atoms with Crippen LogP contribution in [0.2, 0.25) is 0 Å². The van der Waals surface area contributed by atoms with Crippen molar-refractivity contribution < 1.29 is 31.5 Å². The van der Waals surface area contributed by atoms with Crippen molar-refractivity contribution in [3.8, 4) is 0 Å². The number of nitrogens with one attached hydrogen (secondary N) is 1. The number of amides is 1. The Morgan fingerprint density at radius 1 is 0.795 bits per heavy atom. The normalized spacial score (nSPS) is 13.2. The van der Waals surface area contributed by atoms with Gasteiger partial charge in [0.05, 0.1) is 11.5 Å². The number of primary sulfonamides is 1. The number of carbonyl (C=O) groups excluding carboxylic acids is 2. The van der Waals surface area contributed by atoms with Crippen LogP contribution in [0.4, 0.5) is 0 Å². The predicted molar refractivity (Wildman–Crippen MR) is 174 cm³/mol. The third-order valence-corrected chi connectivity index (χ3v) is 9.54. The molecule has 0 heterocycles. The number of ketones is 1. The fourth-order valence-electron chi connectivity index (χ4n) is 4.85. The van der Waals surface area contributed by atoms with E-state index in [4.69, 9.17) is 5.14 Å². The van der Waals surface area contributed by atoms with Gasteiger partial charge in [-0.3, -0.25) is 9.59 Å². The van der Waals surface area contributed by atoms with Crippen molar-refractivity contribution in [2.45, 2.75) is 67.6 Å². The van der Waals surface area contributed by atoms with Crippen LogP contribution in [-0.4, -0.2) is 51.7 Å². The van der Waals surface area contributed by atoms with E-state index >= 15 is 0 Å². The molecule has 2 unspecified atom stereocenters. The van der Waals surface area contributed by atoms with Crippen LogP contribution in [0.1, 0.15) is 70.8 Å². The Morgan fingerprint density at radius 3 is 1.98 bits per heavy atom. The predicted octanol–water partition coefficient (Wildman–Crippen LogP) is 4.55. The zero-order valence-electron chi connectivity index (χ0n) is 24.7. The number of thioether (sulfide) groups is 1. The average molecular weight is 661 g/mol. The van der Waals surface area contributed by atoms with Crippen LogP contribution < -0.4 is 9.86 Å². The number of benzene rings is 3. The molecule has 3 aromatic rings. The SMILES string of the molecule is CS(=O)(=O)NC(=O)c1ccc(SC(c2ccccc2CCCCCCCCc2ccccc2)C(O)C(=O)CS(N)(=O)=O)cc1. The van der Waals surface area contributed by atoms with Gasteiger partial charge in [0, 0.05) is 10.5 Å². The molecule has 3 rings (SSSR count). The topological polar surface area (TPSA) is 161 Å². The van der Waals surface area contributed by atoms with E-state index in [0.717, 1.165) is 74.9 Å². The molecule has 0 radical (unpaired) electrons. The number of rotatable bonds is 18. The van der Waals surface area contributed by atoms with Gasteiger partial charge >= 0.3 is 0 Å². The molecule has 0 bridgehead atoms. The van der Waals surface area contributed by atoms with Crippen LogP contribution in [-0.2, 0) is 37.7 Å². The van der Waals surface area contributed by atoms with Crippen molar-refractivity contribution >= 4 is 43.5 Å². The van der Waals surface area contributed by atoms with Crippen LogP contribution in [0.25, 0.3) is 0 Å². The summed E-state index contributed by atoms with van der Waals surface area (Å²) in [5.41, 5.74) is 3.12. The Kier molecular flexibility index (Phi) is 13.6. The zero-order chi connectivity index (χ0) is 32.2. The van der Waals surface area contributed by atoms with Crippen molar-refractivity contribution in [3.63, 3.8) is 0 Å². The van der Waals surface area contributed by atoms with Crippen molar-refractivity contribution in [3.05, 3.63) is 101 Å². The third-order valence-electron chi connectivity index (χ3n) is 6.98. The lowest BCUT2D eigenvalue weighted by Gasteiger charge is -2.24. The molecule has 0 aromatic heterocycles. The highest BCUT2D eigenvalue weighted by Crippen LogP contribution is 2.40. The van der Waals surface area contributed by atoms with E-state index in [1.807, 2.05) is 29.0 Å². The zero-order valence-corrected chi connectivity index (χ0v) is 27.2. The highest BCUT2D eigenvalue weighted by Gasteiger charge is 2.32. The summed E-state index contributed by atoms with van der Waals surface area (Å²) in [5, 5.41) is 15.3. The molecule has 2 atom stereocenters. The first-order chi connectivity index (χ1) is 20.8. The maximum Gasteiger partial charge on any atom is 0.264 e. The van der Waals surface area contributed by atoms with Crippen molar-refractivity contribution in [2.75, 3.05) is 12.0 Å². The highest BCUT2D eigenvalue weighted by molar-refractivity contribution is 7.99. The van der Waals surface area contributed by atoms with Crippen LogP contribution in [0.15, 0.2) is 83.8 Å². The van der Waals surface area contributed by atoms with Crippen LogP contribution in [0.3, 0.4) is 0 Å². The lowest BCUT2D eigenvalue weighted by atomic mass is 9.95. The molecule has 0 saturated heterocycles. The highest BCUT2D eigenvalue weighted by atomic mass is 32.2. The second-order valence-electron chi connectivity index (χ2n) is 10.8. The molecule has 0 aliphatic carbocycles. The molecule has 0 aliphatic heterocycles. The number of nitrogens with two attached hydrogens (primary N) is 1. The Balaban J connectivity index is 1.68. The van der Waals surface area contributed by atoms with E-state index in [1.54, 1.807) is 18.2 Å². The Bertz CT molecular complexity index is 1590. The van der Waals surface area contributed by atoms with E-state index in [-0.39, 0.29) is 5.56 Å². The molecule has 1 amide bonds. The molecule has 238 valence electrons. The van der Waals surface area contributed by atoms with Gasteiger partial charge in [-0.1, -0.05) is 80.3 Å².